The van der Waals surface area contributed by atoms with Gasteiger partial charge in [0, 0.05) is 11.6 Å². The maximum absolute atomic E-state index is 4.05. The number of hydrogen-bond acceptors (Lipinski definition) is 6. The van der Waals surface area contributed by atoms with Crippen molar-refractivity contribution in [2.45, 2.75) is 0 Å². The molecule has 0 unspecified atom stereocenters. The maximum atomic E-state index is 4.05. The van der Waals surface area contributed by atoms with Gasteiger partial charge in [-0.05, 0) is 23.9 Å². The van der Waals surface area contributed by atoms with E-state index in [4.69, 9.17) is 0 Å². The van der Waals surface area contributed by atoms with Gasteiger partial charge >= 0.3 is 0 Å². The largest absolute Gasteiger partial charge is 0.266 e. The summed E-state index contributed by atoms with van der Waals surface area (Å²) in [5, 5.41) is 3.89. The lowest BCUT2D eigenvalue weighted by molar-refractivity contribution is 0.126. The van der Waals surface area contributed by atoms with Crippen LogP contribution >= 0.6 is 23.9 Å². The van der Waals surface area contributed by atoms with E-state index in [9.17, 15) is 0 Å². The van der Waals surface area contributed by atoms with Gasteiger partial charge in [0.25, 0.3) is 0 Å². The molecule has 6 heteroatoms. The van der Waals surface area contributed by atoms with Gasteiger partial charge in [-0.1, -0.05) is 0 Å². The fraction of sp³-hybridized carbons (Fsp3) is 0.250. The third-order valence-electron chi connectivity index (χ3n) is 1.10. The highest BCUT2D eigenvalue weighted by Crippen LogP contribution is 2.20. The molecule has 2 aliphatic rings. The first-order valence-electron chi connectivity index (χ1n) is 2.76. The predicted octanol–water partition coefficient (Wildman–Crippen LogP) is 0.791. The molecule has 2 aliphatic heterocycles. The molecule has 54 valence electrons. The quantitative estimate of drug-likeness (QED) is 0.594. The summed E-state index contributed by atoms with van der Waals surface area (Å²) in [7, 11) is 0. The minimum absolute atomic E-state index is 0.725. The Morgan fingerprint density at radius 1 is 1.60 bits per heavy atom. The Morgan fingerprint density at radius 3 is 3.20 bits per heavy atom. The van der Waals surface area contributed by atoms with Crippen molar-refractivity contribution in [3.8, 4) is 0 Å². The SMILES string of the molecule is C1=CN(N2CN=CS2)NS1. The smallest absolute Gasteiger partial charge is 0.123 e. The lowest BCUT2D eigenvalue weighted by Gasteiger charge is -2.22. The van der Waals surface area contributed by atoms with Crippen molar-refractivity contribution >= 4 is 29.4 Å². The van der Waals surface area contributed by atoms with E-state index in [1.165, 1.54) is 0 Å². The topological polar surface area (TPSA) is 30.9 Å². The Kier molecular flexibility index (Phi) is 1.85. The standard InChI is InChI=1S/C4H6N4S2/c1-2-9-6-7(1)8-3-5-4-10-8/h1-2,4,6H,3H2. The van der Waals surface area contributed by atoms with Crippen molar-refractivity contribution in [2.24, 2.45) is 4.99 Å². The van der Waals surface area contributed by atoms with E-state index in [1.54, 1.807) is 23.9 Å². The van der Waals surface area contributed by atoms with E-state index in [2.05, 4.69) is 9.82 Å². The van der Waals surface area contributed by atoms with Crippen molar-refractivity contribution in [1.82, 2.24) is 14.4 Å². The molecule has 0 fully saturated rings. The van der Waals surface area contributed by atoms with Crippen LogP contribution in [0.3, 0.4) is 0 Å². The molecule has 0 amide bonds. The Bertz CT molecular complexity index is 172. The molecule has 0 bridgehead atoms. The molecule has 0 saturated carbocycles. The van der Waals surface area contributed by atoms with Gasteiger partial charge < -0.3 is 0 Å². The number of hydrazine groups is 2. The minimum atomic E-state index is 0.725. The summed E-state index contributed by atoms with van der Waals surface area (Å²) in [4.78, 5) is 7.11. The molecule has 4 nitrogen and oxygen atoms in total. The molecule has 2 rings (SSSR count). The van der Waals surface area contributed by atoms with Gasteiger partial charge in [-0.25, -0.2) is 5.12 Å². The number of aliphatic imine (C=N–C) groups is 1. The Hall–Kier alpha value is -0.170. The monoisotopic (exact) mass is 174 g/mol. The zero-order chi connectivity index (χ0) is 6.81. The summed E-state index contributed by atoms with van der Waals surface area (Å²) in [6.45, 7) is 0.725. The van der Waals surface area contributed by atoms with E-state index < -0.39 is 0 Å². The second-order valence-corrected chi connectivity index (χ2v) is 3.26. The maximum Gasteiger partial charge on any atom is 0.123 e. The summed E-state index contributed by atoms with van der Waals surface area (Å²) < 4.78 is 2.01. The fourth-order valence-corrected chi connectivity index (χ4v) is 1.79. The Labute approximate surface area is 67.6 Å². The molecule has 0 aromatic heterocycles. The van der Waals surface area contributed by atoms with Crippen LogP contribution < -0.4 is 4.83 Å². The number of rotatable bonds is 1. The highest BCUT2D eigenvalue weighted by molar-refractivity contribution is 8.10. The first-order valence-corrected chi connectivity index (χ1v) is 4.48. The second kappa shape index (κ2) is 2.83. The van der Waals surface area contributed by atoms with Crippen LogP contribution in [-0.2, 0) is 0 Å². The third kappa shape index (κ3) is 1.15. The lowest BCUT2D eigenvalue weighted by atomic mass is 11.0. The average Bonchev–Trinajstić information content (AvgIpc) is 2.59. The van der Waals surface area contributed by atoms with Crippen LogP contribution in [0, 0.1) is 0 Å². The zero-order valence-electron chi connectivity index (χ0n) is 5.10. The van der Waals surface area contributed by atoms with Gasteiger partial charge in [-0.2, -0.15) is 4.83 Å². The van der Waals surface area contributed by atoms with Gasteiger partial charge in [0.2, 0.25) is 0 Å². The molecule has 0 spiro atoms. The van der Waals surface area contributed by atoms with E-state index in [1.807, 2.05) is 26.7 Å². The minimum Gasteiger partial charge on any atom is -0.266 e. The Morgan fingerprint density at radius 2 is 2.60 bits per heavy atom. The van der Waals surface area contributed by atoms with Crippen LogP contribution in [0.15, 0.2) is 16.6 Å². The lowest BCUT2D eigenvalue weighted by Crippen LogP contribution is -2.36. The summed E-state index contributed by atoms with van der Waals surface area (Å²) in [5.74, 6) is 0. The molecule has 0 atom stereocenters. The van der Waals surface area contributed by atoms with Gasteiger partial charge in [0.1, 0.15) is 6.67 Å². The van der Waals surface area contributed by atoms with Gasteiger partial charge in [0.15, 0.2) is 0 Å². The van der Waals surface area contributed by atoms with E-state index in [0.29, 0.717) is 0 Å². The molecular formula is C4H6N4S2. The van der Waals surface area contributed by atoms with Crippen molar-refractivity contribution < 1.29 is 0 Å². The predicted molar refractivity (Wildman–Crippen MR) is 44.5 cm³/mol. The van der Waals surface area contributed by atoms with E-state index in [-0.39, 0.29) is 0 Å². The summed E-state index contributed by atoms with van der Waals surface area (Å²) in [6, 6.07) is 0. The Balaban J connectivity index is 1.93. The molecule has 10 heavy (non-hydrogen) atoms. The molecular weight excluding hydrogens is 168 g/mol. The van der Waals surface area contributed by atoms with Crippen molar-refractivity contribution in [1.29, 1.82) is 0 Å². The summed E-state index contributed by atoms with van der Waals surface area (Å²) in [6.07, 6.45) is 1.96. The number of nitrogens with zero attached hydrogens (tertiary/aromatic N) is 3. The third-order valence-corrected chi connectivity index (χ3v) is 2.43. The summed E-state index contributed by atoms with van der Waals surface area (Å²) in [5.41, 5.74) is 1.83. The van der Waals surface area contributed by atoms with Crippen molar-refractivity contribution in [3.05, 3.63) is 11.6 Å². The van der Waals surface area contributed by atoms with Crippen molar-refractivity contribution in [3.63, 3.8) is 0 Å². The van der Waals surface area contributed by atoms with Crippen LogP contribution in [0.25, 0.3) is 0 Å². The zero-order valence-corrected chi connectivity index (χ0v) is 6.73. The molecule has 2 heterocycles. The van der Waals surface area contributed by atoms with Gasteiger partial charge in [0.05, 0.1) is 5.55 Å². The molecule has 0 aromatic rings. The molecule has 0 radical (unpaired) electrons. The fourth-order valence-electron chi connectivity index (χ4n) is 0.666. The van der Waals surface area contributed by atoms with E-state index >= 15 is 0 Å². The first kappa shape index (κ1) is 6.53. The van der Waals surface area contributed by atoms with Gasteiger partial charge in [-0.15, -0.1) is 4.41 Å². The normalized spacial score (nSPS) is 25.0. The van der Waals surface area contributed by atoms with Crippen LogP contribution in [-0.4, -0.2) is 21.7 Å². The molecule has 0 aromatic carbocycles. The highest BCUT2D eigenvalue weighted by Gasteiger charge is 2.16. The van der Waals surface area contributed by atoms with Crippen LogP contribution in [0.5, 0.6) is 0 Å². The first-order chi connectivity index (χ1) is 4.97. The molecule has 0 aliphatic carbocycles. The second-order valence-electron chi connectivity index (χ2n) is 1.73. The van der Waals surface area contributed by atoms with Crippen molar-refractivity contribution in [2.75, 3.05) is 6.67 Å². The molecule has 1 N–H and O–H groups in total. The van der Waals surface area contributed by atoms with Crippen LogP contribution in [0.1, 0.15) is 0 Å². The number of nitrogens with one attached hydrogen (secondary N) is 1. The summed E-state index contributed by atoms with van der Waals surface area (Å²) >= 11 is 3.13. The van der Waals surface area contributed by atoms with Crippen LogP contribution in [0.2, 0.25) is 0 Å². The van der Waals surface area contributed by atoms with E-state index in [0.717, 1.165) is 6.67 Å². The molecule has 0 saturated heterocycles. The number of hydrogen-bond donors (Lipinski definition) is 1. The van der Waals surface area contributed by atoms with Gasteiger partial charge in [-0.3, -0.25) is 4.99 Å². The average molecular weight is 174 g/mol. The van der Waals surface area contributed by atoms with Crippen LogP contribution in [0.4, 0.5) is 0 Å². The highest BCUT2D eigenvalue weighted by atomic mass is 32.2.